The fourth-order valence-corrected chi connectivity index (χ4v) is 8.68. The predicted molar refractivity (Wildman–Crippen MR) is 169 cm³/mol. The van der Waals surface area contributed by atoms with Crippen LogP contribution in [0.3, 0.4) is 0 Å². The molecule has 44 heavy (non-hydrogen) atoms. The SMILES string of the molecule is COc1cc(/C=C2\C(=O)NC(=O)N(c3ccc(C45CC6CC(CC(C6)C4)C5)cc3)C2=O)cc(Cl)c1OCc1ccccc1Cl. The number of ether oxygens (including phenoxy) is 2. The molecule has 0 aromatic heterocycles. The van der Waals surface area contributed by atoms with Gasteiger partial charge in [-0.2, -0.15) is 0 Å². The molecule has 0 spiro atoms. The normalized spacial score (nSPS) is 26.7. The first-order valence-electron chi connectivity index (χ1n) is 15.0. The second kappa shape index (κ2) is 11.3. The van der Waals surface area contributed by atoms with Crippen molar-refractivity contribution >= 4 is 52.8 Å². The van der Waals surface area contributed by atoms with Gasteiger partial charge in [0.1, 0.15) is 12.2 Å². The molecular weight excluding hydrogens is 599 g/mol. The van der Waals surface area contributed by atoms with Crippen LogP contribution >= 0.6 is 23.2 Å². The average molecular weight is 632 g/mol. The standard InChI is InChI=1S/C35H32Cl2N2O5/c1-43-30-15-20(14-29(37)31(30)44-19-24-4-2-3-5-28(24)36)13-27-32(40)38-34(42)39(33(27)41)26-8-6-25(7-9-26)35-16-21-10-22(17-35)12-23(11-21)18-35/h2-9,13-15,21-23H,10-12,16-19H2,1H3,(H,38,40,42)/b27-13+. The van der Waals surface area contributed by atoms with E-state index in [0.717, 1.165) is 28.2 Å². The van der Waals surface area contributed by atoms with E-state index < -0.39 is 17.8 Å². The molecule has 5 fully saturated rings. The average Bonchev–Trinajstić information content (AvgIpc) is 2.99. The van der Waals surface area contributed by atoms with Crippen molar-refractivity contribution < 1.29 is 23.9 Å². The second-order valence-electron chi connectivity index (χ2n) is 12.6. The number of nitrogens with zero attached hydrogens (tertiary/aromatic N) is 1. The van der Waals surface area contributed by atoms with Gasteiger partial charge in [0, 0.05) is 10.6 Å². The van der Waals surface area contributed by atoms with E-state index in [1.165, 1.54) is 57.3 Å². The van der Waals surface area contributed by atoms with Gasteiger partial charge in [-0.15, -0.1) is 0 Å². The molecule has 4 bridgehead atoms. The van der Waals surface area contributed by atoms with E-state index in [2.05, 4.69) is 17.4 Å². The van der Waals surface area contributed by atoms with E-state index in [1.54, 1.807) is 18.2 Å². The lowest BCUT2D eigenvalue weighted by atomic mass is 9.48. The summed E-state index contributed by atoms with van der Waals surface area (Å²) in [6, 6.07) is 17.5. The number of anilines is 1. The van der Waals surface area contributed by atoms with Crippen LogP contribution in [-0.4, -0.2) is 25.0 Å². The fraction of sp³-hybridized carbons (Fsp3) is 0.343. The van der Waals surface area contributed by atoms with Crippen LogP contribution in [0, 0.1) is 17.8 Å². The van der Waals surface area contributed by atoms with Gasteiger partial charge < -0.3 is 9.47 Å². The molecule has 1 heterocycles. The Labute approximate surface area is 266 Å². The summed E-state index contributed by atoms with van der Waals surface area (Å²) in [4.78, 5) is 40.4. The van der Waals surface area contributed by atoms with E-state index >= 15 is 0 Å². The number of carbonyl (C=O) groups is 3. The molecule has 8 rings (SSSR count). The van der Waals surface area contributed by atoms with E-state index in [1.807, 2.05) is 30.3 Å². The third-order valence-corrected chi connectivity index (χ3v) is 10.4. The van der Waals surface area contributed by atoms with Crippen LogP contribution in [0.2, 0.25) is 10.0 Å². The minimum Gasteiger partial charge on any atom is -0.493 e. The van der Waals surface area contributed by atoms with Crippen LogP contribution in [0.4, 0.5) is 10.5 Å². The minimum absolute atomic E-state index is 0.163. The summed E-state index contributed by atoms with van der Waals surface area (Å²) in [6.07, 6.45) is 9.14. The molecule has 3 aromatic carbocycles. The number of methoxy groups -OCH3 is 1. The first-order valence-corrected chi connectivity index (χ1v) is 15.7. The number of halogens is 2. The van der Waals surface area contributed by atoms with Crippen LogP contribution in [0.5, 0.6) is 11.5 Å². The quantitative estimate of drug-likeness (QED) is 0.213. The van der Waals surface area contributed by atoms with Crippen LogP contribution in [-0.2, 0) is 21.6 Å². The molecule has 226 valence electrons. The van der Waals surface area contributed by atoms with Crippen LogP contribution in [0.25, 0.3) is 6.08 Å². The molecule has 4 aliphatic carbocycles. The van der Waals surface area contributed by atoms with Gasteiger partial charge in [0.25, 0.3) is 11.8 Å². The Morgan fingerprint density at radius 2 is 1.57 bits per heavy atom. The number of hydrogen-bond donors (Lipinski definition) is 1. The number of benzene rings is 3. The molecule has 5 aliphatic rings. The van der Waals surface area contributed by atoms with E-state index in [0.29, 0.717) is 27.8 Å². The largest absolute Gasteiger partial charge is 0.493 e. The molecule has 0 unspecified atom stereocenters. The Kier molecular flexibility index (Phi) is 7.42. The van der Waals surface area contributed by atoms with Gasteiger partial charge in [0.05, 0.1) is 17.8 Å². The van der Waals surface area contributed by atoms with Crippen molar-refractivity contribution in [3.8, 4) is 11.5 Å². The molecule has 3 aromatic rings. The highest BCUT2D eigenvalue weighted by Crippen LogP contribution is 2.60. The summed E-state index contributed by atoms with van der Waals surface area (Å²) >= 11 is 12.8. The van der Waals surface area contributed by atoms with Crippen molar-refractivity contribution in [2.45, 2.75) is 50.5 Å². The maximum Gasteiger partial charge on any atom is 0.335 e. The summed E-state index contributed by atoms with van der Waals surface area (Å²) in [5.74, 6) is 1.54. The summed E-state index contributed by atoms with van der Waals surface area (Å²) in [5, 5.41) is 3.09. The van der Waals surface area contributed by atoms with Crippen molar-refractivity contribution in [2.75, 3.05) is 12.0 Å². The van der Waals surface area contributed by atoms with E-state index in [9.17, 15) is 14.4 Å². The Balaban J connectivity index is 1.13. The number of hydrogen-bond acceptors (Lipinski definition) is 5. The second-order valence-corrected chi connectivity index (χ2v) is 13.4. The Morgan fingerprint density at radius 3 is 2.20 bits per heavy atom. The lowest BCUT2D eigenvalue weighted by molar-refractivity contribution is -0.122. The summed E-state index contributed by atoms with van der Waals surface area (Å²) in [6.45, 7) is 0.163. The van der Waals surface area contributed by atoms with Gasteiger partial charge in [-0.25, -0.2) is 9.69 Å². The molecule has 7 nitrogen and oxygen atoms in total. The lowest BCUT2D eigenvalue weighted by Gasteiger charge is -2.57. The van der Waals surface area contributed by atoms with Crippen LogP contribution < -0.4 is 19.7 Å². The number of urea groups is 1. The number of nitrogens with one attached hydrogen (secondary N) is 1. The predicted octanol–water partition coefficient (Wildman–Crippen LogP) is 7.72. The smallest absolute Gasteiger partial charge is 0.335 e. The molecule has 0 radical (unpaired) electrons. The van der Waals surface area contributed by atoms with Crippen molar-refractivity contribution in [3.63, 3.8) is 0 Å². The molecular formula is C35H32Cl2N2O5. The van der Waals surface area contributed by atoms with Gasteiger partial charge in [-0.05, 0) is 109 Å². The third kappa shape index (κ3) is 5.16. The highest BCUT2D eigenvalue weighted by molar-refractivity contribution is 6.39. The third-order valence-electron chi connectivity index (χ3n) is 9.77. The number of carbonyl (C=O) groups excluding carboxylic acids is 3. The topological polar surface area (TPSA) is 84.9 Å². The summed E-state index contributed by atoms with van der Waals surface area (Å²) in [5.41, 5.74) is 2.91. The molecule has 9 heteroatoms. The molecule has 1 aliphatic heterocycles. The number of imide groups is 2. The minimum atomic E-state index is -0.782. The zero-order valence-corrected chi connectivity index (χ0v) is 25.8. The summed E-state index contributed by atoms with van der Waals surface area (Å²) < 4.78 is 11.4. The van der Waals surface area contributed by atoms with Gasteiger partial charge in [-0.3, -0.25) is 14.9 Å². The number of barbiturate groups is 1. The Hall–Kier alpha value is -3.81. The first-order chi connectivity index (χ1) is 21.2. The van der Waals surface area contributed by atoms with Crippen molar-refractivity contribution in [2.24, 2.45) is 17.8 Å². The first kappa shape index (κ1) is 28.9. The maximum atomic E-state index is 13.6. The fourth-order valence-electron chi connectivity index (χ4n) is 8.22. The van der Waals surface area contributed by atoms with E-state index in [4.69, 9.17) is 32.7 Å². The maximum absolute atomic E-state index is 13.6. The summed E-state index contributed by atoms with van der Waals surface area (Å²) in [7, 11) is 1.47. The molecule has 1 N–H and O–H groups in total. The molecule has 1 saturated heterocycles. The Morgan fingerprint density at radius 1 is 0.909 bits per heavy atom. The van der Waals surface area contributed by atoms with E-state index in [-0.39, 0.29) is 22.6 Å². The monoisotopic (exact) mass is 630 g/mol. The highest BCUT2D eigenvalue weighted by atomic mass is 35.5. The zero-order chi connectivity index (χ0) is 30.6. The molecule has 4 saturated carbocycles. The van der Waals surface area contributed by atoms with Gasteiger partial charge in [0.15, 0.2) is 11.5 Å². The van der Waals surface area contributed by atoms with Gasteiger partial charge in [-0.1, -0.05) is 53.5 Å². The zero-order valence-electron chi connectivity index (χ0n) is 24.3. The van der Waals surface area contributed by atoms with Gasteiger partial charge >= 0.3 is 6.03 Å². The van der Waals surface area contributed by atoms with Crippen LogP contribution in [0.1, 0.15) is 55.2 Å². The lowest BCUT2D eigenvalue weighted by Crippen LogP contribution is -2.54. The molecule has 0 atom stereocenters. The van der Waals surface area contributed by atoms with Crippen molar-refractivity contribution in [1.82, 2.24) is 5.32 Å². The number of amides is 4. The number of rotatable bonds is 7. The Bertz CT molecular complexity index is 1660. The van der Waals surface area contributed by atoms with Crippen molar-refractivity contribution in [3.05, 3.63) is 93.0 Å². The molecule has 4 amide bonds. The van der Waals surface area contributed by atoms with Crippen molar-refractivity contribution in [1.29, 1.82) is 0 Å². The highest BCUT2D eigenvalue weighted by Gasteiger charge is 2.51. The van der Waals surface area contributed by atoms with Gasteiger partial charge in [0.2, 0.25) is 0 Å². The van der Waals surface area contributed by atoms with Crippen LogP contribution in [0.15, 0.2) is 66.2 Å².